The van der Waals surface area contributed by atoms with Crippen LogP contribution in [0.15, 0.2) is 84.0 Å². The van der Waals surface area contributed by atoms with Crippen molar-refractivity contribution in [2.45, 2.75) is 4.90 Å². The molecule has 0 aliphatic carbocycles. The molecule has 164 valence electrons. The van der Waals surface area contributed by atoms with Crippen molar-refractivity contribution >= 4 is 15.7 Å². The molecule has 0 atom stereocenters. The van der Waals surface area contributed by atoms with E-state index in [9.17, 15) is 8.42 Å². The van der Waals surface area contributed by atoms with Gasteiger partial charge in [-0.15, -0.1) is 10.2 Å². The zero-order valence-corrected chi connectivity index (χ0v) is 18.1. The van der Waals surface area contributed by atoms with Crippen LogP contribution in [-0.2, 0) is 10.0 Å². The third-order valence-electron chi connectivity index (χ3n) is 4.49. The quantitative estimate of drug-likeness (QED) is 0.433. The fourth-order valence-corrected chi connectivity index (χ4v) is 3.98. The second-order valence-corrected chi connectivity index (χ2v) is 8.25. The van der Waals surface area contributed by atoms with E-state index < -0.39 is 10.0 Å². The minimum Gasteiger partial charge on any atom is -0.493 e. The lowest BCUT2D eigenvalue weighted by Gasteiger charge is -2.12. The van der Waals surface area contributed by atoms with E-state index >= 15 is 0 Å². The number of nitrogens with zero attached hydrogens (tertiary/aromatic N) is 3. The molecule has 0 aliphatic heterocycles. The standard InChI is InChI=1S/C22H20N4O5S/c1-29-19-10-9-18(15-20(19)30-2)32(27,28)25-16-5-7-17(8-6-16)31-22-12-11-21(23-24-22)26-13-3-4-14-26/h3-15,25H,1-2H3. The molecule has 32 heavy (non-hydrogen) atoms. The van der Waals surface area contributed by atoms with Crippen molar-refractivity contribution in [3.63, 3.8) is 0 Å². The van der Waals surface area contributed by atoms with Crippen molar-refractivity contribution in [2.24, 2.45) is 0 Å². The largest absolute Gasteiger partial charge is 0.493 e. The number of methoxy groups -OCH3 is 2. The van der Waals surface area contributed by atoms with Gasteiger partial charge in [-0.2, -0.15) is 0 Å². The average Bonchev–Trinajstić information content (AvgIpc) is 3.35. The molecule has 2 aromatic heterocycles. The zero-order chi connectivity index (χ0) is 22.6. The normalized spacial score (nSPS) is 11.1. The van der Waals surface area contributed by atoms with Crippen LogP contribution in [0, 0.1) is 0 Å². The SMILES string of the molecule is COc1ccc(S(=O)(=O)Nc2ccc(Oc3ccc(-n4cccc4)nn3)cc2)cc1OC. The number of rotatable bonds is 8. The summed E-state index contributed by atoms with van der Waals surface area (Å²) < 4.78 is 45.8. The molecule has 0 spiro atoms. The van der Waals surface area contributed by atoms with Crippen LogP contribution in [0.1, 0.15) is 0 Å². The maximum Gasteiger partial charge on any atom is 0.262 e. The predicted molar refractivity (Wildman–Crippen MR) is 118 cm³/mol. The van der Waals surface area contributed by atoms with E-state index in [0.29, 0.717) is 34.6 Å². The molecule has 4 aromatic rings. The van der Waals surface area contributed by atoms with Gasteiger partial charge in [-0.05, 0) is 54.6 Å². The van der Waals surface area contributed by atoms with Crippen molar-refractivity contribution in [1.82, 2.24) is 14.8 Å². The third-order valence-corrected chi connectivity index (χ3v) is 5.87. The molecule has 9 nitrogen and oxygen atoms in total. The second-order valence-electron chi connectivity index (χ2n) is 6.57. The molecule has 1 N–H and O–H groups in total. The van der Waals surface area contributed by atoms with E-state index in [2.05, 4.69) is 14.9 Å². The molecular formula is C22H20N4O5S. The molecule has 2 aromatic carbocycles. The van der Waals surface area contributed by atoms with Crippen molar-refractivity contribution in [3.05, 3.63) is 79.1 Å². The lowest BCUT2D eigenvalue weighted by molar-refractivity contribution is 0.354. The van der Waals surface area contributed by atoms with Crippen LogP contribution in [0.25, 0.3) is 5.82 Å². The number of hydrogen-bond acceptors (Lipinski definition) is 7. The summed E-state index contributed by atoms with van der Waals surface area (Å²) in [6, 6.07) is 18.1. The summed E-state index contributed by atoms with van der Waals surface area (Å²) in [5.41, 5.74) is 0.376. The highest BCUT2D eigenvalue weighted by atomic mass is 32.2. The Morgan fingerprint density at radius 2 is 1.56 bits per heavy atom. The lowest BCUT2D eigenvalue weighted by Crippen LogP contribution is -2.13. The van der Waals surface area contributed by atoms with Gasteiger partial charge < -0.3 is 18.8 Å². The Kier molecular flexibility index (Phi) is 5.95. The number of anilines is 1. The van der Waals surface area contributed by atoms with Gasteiger partial charge in [0.2, 0.25) is 5.88 Å². The minimum atomic E-state index is -3.82. The van der Waals surface area contributed by atoms with Crippen LogP contribution >= 0.6 is 0 Å². The fourth-order valence-electron chi connectivity index (χ4n) is 2.90. The first-order valence-electron chi connectivity index (χ1n) is 9.48. The third kappa shape index (κ3) is 4.65. The smallest absolute Gasteiger partial charge is 0.262 e. The Balaban J connectivity index is 1.44. The minimum absolute atomic E-state index is 0.0496. The van der Waals surface area contributed by atoms with Gasteiger partial charge in [-0.1, -0.05) is 0 Å². The number of aromatic nitrogens is 3. The molecule has 4 rings (SSSR count). The average molecular weight is 452 g/mol. The summed E-state index contributed by atoms with van der Waals surface area (Å²) in [6.07, 6.45) is 3.73. The summed E-state index contributed by atoms with van der Waals surface area (Å²) in [6.45, 7) is 0. The highest BCUT2D eigenvalue weighted by Crippen LogP contribution is 2.30. The van der Waals surface area contributed by atoms with E-state index in [1.54, 1.807) is 36.4 Å². The van der Waals surface area contributed by atoms with Crippen LogP contribution in [-0.4, -0.2) is 37.4 Å². The van der Waals surface area contributed by atoms with E-state index in [0.717, 1.165) is 0 Å². The summed E-state index contributed by atoms with van der Waals surface area (Å²) in [7, 11) is -0.894. The van der Waals surface area contributed by atoms with Gasteiger partial charge in [0.05, 0.1) is 19.1 Å². The monoisotopic (exact) mass is 452 g/mol. The van der Waals surface area contributed by atoms with Gasteiger partial charge in [0, 0.05) is 30.2 Å². The molecule has 0 saturated carbocycles. The first-order chi connectivity index (χ1) is 15.5. The predicted octanol–water partition coefficient (Wildman–Crippen LogP) is 3.88. The van der Waals surface area contributed by atoms with Gasteiger partial charge in [-0.25, -0.2) is 8.42 Å². The van der Waals surface area contributed by atoms with Gasteiger partial charge >= 0.3 is 0 Å². The topological polar surface area (TPSA) is 105 Å². The molecule has 0 amide bonds. The second kappa shape index (κ2) is 8.98. The Morgan fingerprint density at radius 1 is 0.844 bits per heavy atom. The maximum atomic E-state index is 12.7. The molecular weight excluding hydrogens is 432 g/mol. The Labute approximate surface area is 185 Å². The molecule has 2 heterocycles. The van der Waals surface area contributed by atoms with Crippen molar-refractivity contribution in [3.8, 4) is 28.9 Å². The number of benzene rings is 2. The number of nitrogens with one attached hydrogen (secondary N) is 1. The Bertz CT molecular complexity index is 1290. The van der Waals surface area contributed by atoms with E-state index in [1.807, 2.05) is 29.1 Å². The van der Waals surface area contributed by atoms with Crippen molar-refractivity contribution in [1.29, 1.82) is 0 Å². The van der Waals surface area contributed by atoms with E-state index in [1.165, 1.54) is 32.4 Å². The fraction of sp³-hybridized carbons (Fsp3) is 0.0909. The van der Waals surface area contributed by atoms with Crippen LogP contribution in [0.3, 0.4) is 0 Å². The zero-order valence-electron chi connectivity index (χ0n) is 17.3. The first kappa shape index (κ1) is 21.2. The highest BCUT2D eigenvalue weighted by molar-refractivity contribution is 7.92. The van der Waals surface area contributed by atoms with Crippen LogP contribution in [0.2, 0.25) is 0 Å². The number of ether oxygens (including phenoxy) is 3. The first-order valence-corrected chi connectivity index (χ1v) is 11.0. The number of hydrogen-bond donors (Lipinski definition) is 1. The molecule has 0 aliphatic rings. The van der Waals surface area contributed by atoms with Crippen molar-refractivity contribution < 1.29 is 22.6 Å². The van der Waals surface area contributed by atoms with Crippen LogP contribution < -0.4 is 18.9 Å². The van der Waals surface area contributed by atoms with E-state index in [4.69, 9.17) is 14.2 Å². The summed E-state index contributed by atoms with van der Waals surface area (Å²) in [4.78, 5) is 0.0496. The summed E-state index contributed by atoms with van der Waals surface area (Å²) in [5, 5.41) is 8.18. The Hall–Kier alpha value is -4.05. The van der Waals surface area contributed by atoms with E-state index in [-0.39, 0.29) is 4.90 Å². The molecule has 0 unspecified atom stereocenters. The van der Waals surface area contributed by atoms with Crippen molar-refractivity contribution in [2.75, 3.05) is 18.9 Å². The number of sulfonamides is 1. The molecule has 0 radical (unpaired) electrons. The van der Waals surface area contributed by atoms with Gasteiger partial charge in [0.15, 0.2) is 17.3 Å². The summed E-state index contributed by atoms with van der Waals surface area (Å²) >= 11 is 0. The van der Waals surface area contributed by atoms with Gasteiger partial charge in [0.25, 0.3) is 10.0 Å². The van der Waals surface area contributed by atoms with Gasteiger partial charge in [-0.3, -0.25) is 4.72 Å². The summed E-state index contributed by atoms with van der Waals surface area (Å²) in [5.74, 6) is 2.24. The van der Waals surface area contributed by atoms with Crippen LogP contribution in [0.4, 0.5) is 5.69 Å². The lowest BCUT2D eigenvalue weighted by atomic mass is 10.3. The Morgan fingerprint density at radius 3 is 2.19 bits per heavy atom. The molecule has 0 bridgehead atoms. The molecule has 0 saturated heterocycles. The highest BCUT2D eigenvalue weighted by Gasteiger charge is 2.17. The molecule has 10 heteroatoms. The maximum absolute atomic E-state index is 12.7. The van der Waals surface area contributed by atoms with Gasteiger partial charge in [0.1, 0.15) is 5.75 Å². The van der Waals surface area contributed by atoms with Crippen LogP contribution in [0.5, 0.6) is 23.1 Å². The molecule has 0 fully saturated rings.